The third-order valence-corrected chi connectivity index (χ3v) is 27.9. The van der Waals surface area contributed by atoms with Crippen LogP contribution in [0.15, 0.2) is 71.8 Å². The van der Waals surface area contributed by atoms with Crippen molar-refractivity contribution in [1.29, 1.82) is 0 Å². The van der Waals surface area contributed by atoms with E-state index in [1.165, 1.54) is 30.4 Å². The maximum atomic E-state index is 2.67. The maximum Gasteiger partial charge on any atom is -1.00 e. The summed E-state index contributed by atoms with van der Waals surface area (Å²) in [4.78, 5) is 0. The number of hydrogen-bond acceptors (Lipinski definition) is 0. The summed E-state index contributed by atoms with van der Waals surface area (Å²) in [5.74, 6) is 0. The Hall–Kier alpha value is -1.47. The molecular weight excluding hydrogens is 527 g/mol. The second kappa shape index (κ2) is 9.53. The first-order valence-corrected chi connectivity index (χ1v) is 21.4. The Morgan fingerprint density at radius 2 is 1.47 bits per heavy atom. The zero-order chi connectivity index (χ0) is 22.7. The van der Waals surface area contributed by atoms with E-state index in [1.54, 1.807) is 44.5 Å². The Bertz CT molecular complexity index is 1380. The molecule has 3 aliphatic carbocycles. The summed E-state index contributed by atoms with van der Waals surface area (Å²) in [5, 5.41) is 0. The van der Waals surface area contributed by atoms with E-state index in [1.807, 2.05) is 0 Å². The molecule has 0 spiro atoms. The number of allylic oxidation sites excluding steroid dienone is 2. The molecule has 2 atom stereocenters. The molecular formula is C31H32ClSiZr. The summed E-state index contributed by atoms with van der Waals surface area (Å²) in [6, 6.07) is 23.2. The van der Waals surface area contributed by atoms with Gasteiger partial charge in [-0.1, -0.05) is 0 Å². The van der Waals surface area contributed by atoms with Crippen LogP contribution in [0.25, 0.3) is 23.3 Å². The Morgan fingerprint density at radius 1 is 0.794 bits per heavy atom. The molecule has 3 aromatic rings. The van der Waals surface area contributed by atoms with Gasteiger partial charge in [-0.15, -0.1) is 0 Å². The molecule has 2 unspecified atom stereocenters. The number of aryl methyl sites for hydroxylation is 1. The van der Waals surface area contributed by atoms with Crippen molar-refractivity contribution in [2.24, 2.45) is 0 Å². The summed E-state index contributed by atoms with van der Waals surface area (Å²) >= 11 is -1.94. The standard InChI is InChI=1S/C19H17.C10H9.C2H6Si.ClH.Zr/c1-13-10-16-12-15-8-5-9-17(15)19(18(16)11-13)14-6-3-2-4-7-14;1-8-6-9-4-2-3-5-10(9)7-8;1-3-2;;/h2-4,6-7,10-12H,5,8-9H2,1H3;2-7H,1H3;1-2H3;1H;/q;;;;+1/p-1. The van der Waals surface area contributed by atoms with Crippen LogP contribution < -0.4 is 12.4 Å². The van der Waals surface area contributed by atoms with Gasteiger partial charge in [0.25, 0.3) is 0 Å². The van der Waals surface area contributed by atoms with Gasteiger partial charge in [0.05, 0.1) is 0 Å². The monoisotopic (exact) mass is 557 g/mol. The minimum absolute atomic E-state index is 0. The third kappa shape index (κ3) is 3.82. The maximum absolute atomic E-state index is 2.67. The van der Waals surface area contributed by atoms with Crippen molar-refractivity contribution in [2.75, 3.05) is 0 Å². The van der Waals surface area contributed by atoms with Crippen LogP contribution >= 0.6 is 0 Å². The normalized spacial score (nSPS) is 19.5. The molecule has 0 bridgehead atoms. The number of fused-ring (bicyclic) bond motifs is 3. The van der Waals surface area contributed by atoms with Crippen LogP contribution in [0.4, 0.5) is 0 Å². The van der Waals surface area contributed by atoms with Crippen LogP contribution in [-0.2, 0) is 33.2 Å². The average Bonchev–Trinajstić information content (AvgIpc) is 3.49. The van der Waals surface area contributed by atoms with Gasteiger partial charge in [-0.25, -0.2) is 0 Å². The summed E-state index contributed by atoms with van der Waals surface area (Å²) < 4.78 is 1.46. The molecule has 0 amide bonds. The number of hydrogen-bond donors (Lipinski definition) is 0. The van der Waals surface area contributed by atoms with Crippen LogP contribution in [0.2, 0.25) is 13.1 Å². The second-order valence-electron chi connectivity index (χ2n) is 10.3. The van der Waals surface area contributed by atoms with Gasteiger partial charge in [-0.05, 0) is 0 Å². The van der Waals surface area contributed by atoms with Crippen molar-refractivity contribution in [3.8, 4) is 11.1 Å². The molecule has 0 saturated heterocycles. The van der Waals surface area contributed by atoms with Crippen molar-refractivity contribution >= 4 is 17.6 Å². The summed E-state index contributed by atoms with van der Waals surface area (Å²) in [6.45, 7) is 10.1. The van der Waals surface area contributed by atoms with Gasteiger partial charge >= 0.3 is 208 Å². The van der Waals surface area contributed by atoms with Gasteiger partial charge < -0.3 is 12.4 Å². The Morgan fingerprint density at radius 3 is 2.24 bits per heavy atom. The van der Waals surface area contributed by atoms with E-state index in [9.17, 15) is 0 Å². The molecule has 0 fully saturated rings. The van der Waals surface area contributed by atoms with Crippen LogP contribution in [0.3, 0.4) is 0 Å². The van der Waals surface area contributed by atoms with Crippen LogP contribution in [-0.4, -0.2) is 5.43 Å². The molecule has 0 aromatic heterocycles. The largest absolute Gasteiger partial charge is 1.00 e. The smallest absolute Gasteiger partial charge is 1.00 e. The van der Waals surface area contributed by atoms with E-state index in [-0.39, 0.29) is 17.8 Å². The van der Waals surface area contributed by atoms with Gasteiger partial charge in [0.1, 0.15) is 0 Å². The Balaban J connectivity index is 0.00000241. The molecule has 6 rings (SSSR count). The fourth-order valence-corrected chi connectivity index (χ4v) is 27.4. The molecule has 171 valence electrons. The zero-order valence-corrected chi connectivity index (χ0v) is 24.8. The first kappa shape index (κ1) is 24.2. The second-order valence-corrected chi connectivity index (χ2v) is 28.2. The third-order valence-electron chi connectivity index (χ3n) is 8.02. The van der Waals surface area contributed by atoms with Gasteiger partial charge in [-0.2, -0.15) is 0 Å². The number of rotatable bonds is 3. The molecule has 3 aliphatic rings. The first-order chi connectivity index (χ1) is 16.0. The van der Waals surface area contributed by atoms with Gasteiger partial charge in [0.2, 0.25) is 0 Å². The van der Waals surface area contributed by atoms with E-state index >= 15 is 0 Å². The molecule has 0 radical (unpaired) electrons. The topological polar surface area (TPSA) is 0 Å². The molecule has 0 heterocycles. The minimum atomic E-state index is -1.94. The van der Waals surface area contributed by atoms with E-state index in [0.717, 1.165) is 7.25 Å². The van der Waals surface area contributed by atoms with Gasteiger partial charge in [0.15, 0.2) is 0 Å². The fraction of sp³-hybridized carbons (Fsp3) is 0.290. The van der Waals surface area contributed by atoms with Crippen LogP contribution in [0.5, 0.6) is 0 Å². The molecule has 0 N–H and O–H groups in total. The zero-order valence-electron chi connectivity index (χ0n) is 20.6. The van der Waals surface area contributed by atoms with Crippen molar-refractivity contribution in [2.45, 2.75) is 53.5 Å². The average molecular weight is 559 g/mol. The van der Waals surface area contributed by atoms with Crippen molar-refractivity contribution in [3.63, 3.8) is 0 Å². The summed E-state index contributed by atoms with van der Waals surface area (Å²) in [5.41, 5.74) is 15.6. The van der Waals surface area contributed by atoms with Gasteiger partial charge in [-0.3, -0.25) is 0 Å². The molecule has 3 aromatic carbocycles. The minimum Gasteiger partial charge on any atom is -1.00 e. The Kier molecular flexibility index (Phi) is 6.79. The van der Waals surface area contributed by atoms with E-state index < -0.39 is 20.4 Å². The quantitative estimate of drug-likeness (QED) is 0.381. The molecule has 0 aliphatic heterocycles. The van der Waals surface area contributed by atoms with E-state index in [4.69, 9.17) is 0 Å². The predicted molar refractivity (Wildman–Crippen MR) is 141 cm³/mol. The molecule has 34 heavy (non-hydrogen) atoms. The van der Waals surface area contributed by atoms with Crippen molar-refractivity contribution < 1.29 is 32.8 Å². The molecule has 0 nitrogen and oxygen atoms in total. The number of halogens is 1. The van der Waals surface area contributed by atoms with Crippen LogP contribution in [0, 0.1) is 0 Å². The first-order valence-electron chi connectivity index (χ1n) is 12.4. The summed E-state index contributed by atoms with van der Waals surface area (Å²) in [6.07, 6.45) is 8.91. The fourth-order valence-electron chi connectivity index (χ4n) is 6.72. The summed E-state index contributed by atoms with van der Waals surface area (Å²) in [7, 11) is 0. The SMILES string of the molecule is CC1=Cc2ccccc2[CH]1[Zr+]([CH]1C(C)=Cc2c1cc1c(c2-c2ccccc2)CCC1)=[Si](C)C.[Cl-]. The van der Waals surface area contributed by atoms with Crippen molar-refractivity contribution in [3.05, 3.63) is 105 Å². The molecule has 0 saturated carbocycles. The predicted octanol–water partition coefficient (Wildman–Crippen LogP) is 5.33. The Labute approximate surface area is 218 Å². The van der Waals surface area contributed by atoms with Gasteiger partial charge in [0, 0.05) is 0 Å². The van der Waals surface area contributed by atoms with E-state index in [0.29, 0.717) is 0 Å². The van der Waals surface area contributed by atoms with Crippen molar-refractivity contribution in [1.82, 2.24) is 0 Å². The van der Waals surface area contributed by atoms with Crippen LogP contribution in [0.1, 0.15) is 60.9 Å². The number of benzene rings is 3. The van der Waals surface area contributed by atoms with E-state index in [2.05, 4.69) is 99.8 Å². The molecule has 3 heteroatoms.